The van der Waals surface area contributed by atoms with Crippen LogP contribution in [-0.4, -0.2) is 24.9 Å². The van der Waals surface area contributed by atoms with Crippen LogP contribution in [0.2, 0.25) is 0 Å². The average Bonchev–Trinajstić information content (AvgIpc) is 2.81. The quantitative estimate of drug-likeness (QED) is 0.918. The lowest BCUT2D eigenvalue weighted by Crippen LogP contribution is -2.35. The molecule has 1 aliphatic rings. The first-order valence-corrected chi connectivity index (χ1v) is 7.51. The zero-order chi connectivity index (χ0) is 13.9. The maximum atomic E-state index is 5.91. The minimum atomic E-state index is 0.128. The van der Waals surface area contributed by atoms with Gasteiger partial charge in [0.25, 0.3) is 0 Å². The van der Waals surface area contributed by atoms with Crippen molar-refractivity contribution in [2.24, 2.45) is 0 Å². The standard InChI is InChI=1S/C15H22BrNO2/c1-15(2,3)17-9-11-4-5-14(13(16)8-11)19-12-6-7-18-10-12/h4-5,8,12,17H,6-7,9-10H2,1-3H3. The Labute approximate surface area is 123 Å². The Kier molecular flexibility index (Phi) is 4.87. The van der Waals surface area contributed by atoms with Crippen LogP contribution in [0, 0.1) is 0 Å². The van der Waals surface area contributed by atoms with Gasteiger partial charge in [-0.1, -0.05) is 6.07 Å². The molecule has 1 atom stereocenters. The molecular formula is C15H22BrNO2. The number of benzene rings is 1. The minimum Gasteiger partial charge on any atom is -0.487 e. The molecule has 1 heterocycles. The number of rotatable bonds is 4. The Balaban J connectivity index is 1.96. The van der Waals surface area contributed by atoms with Crippen molar-refractivity contribution in [1.29, 1.82) is 0 Å². The number of ether oxygens (including phenoxy) is 2. The van der Waals surface area contributed by atoms with Gasteiger partial charge in [0, 0.05) is 18.5 Å². The largest absolute Gasteiger partial charge is 0.487 e. The van der Waals surface area contributed by atoms with E-state index in [0.717, 1.165) is 29.8 Å². The van der Waals surface area contributed by atoms with Crippen LogP contribution in [0.3, 0.4) is 0 Å². The summed E-state index contributed by atoms with van der Waals surface area (Å²) in [6.07, 6.45) is 1.16. The highest BCUT2D eigenvalue weighted by Crippen LogP contribution is 2.28. The molecule has 1 N–H and O–H groups in total. The lowest BCUT2D eigenvalue weighted by molar-refractivity contribution is 0.141. The fraction of sp³-hybridized carbons (Fsp3) is 0.600. The van der Waals surface area contributed by atoms with Crippen LogP contribution in [0.4, 0.5) is 0 Å². The van der Waals surface area contributed by atoms with Crippen molar-refractivity contribution in [2.75, 3.05) is 13.2 Å². The van der Waals surface area contributed by atoms with E-state index < -0.39 is 0 Å². The number of hydrogen-bond donors (Lipinski definition) is 1. The van der Waals surface area contributed by atoms with Gasteiger partial charge in [-0.15, -0.1) is 0 Å². The Hall–Kier alpha value is -0.580. The summed E-state index contributed by atoms with van der Waals surface area (Å²) in [5.74, 6) is 0.898. The van der Waals surface area contributed by atoms with Gasteiger partial charge >= 0.3 is 0 Å². The van der Waals surface area contributed by atoms with E-state index in [0.29, 0.717) is 6.61 Å². The smallest absolute Gasteiger partial charge is 0.134 e. The van der Waals surface area contributed by atoms with E-state index in [1.807, 2.05) is 6.07 Å². The van der Waals surface area contributed by atoms with Crippen LogP contribution in [0.1, 0.15) is 32.8 Å². The molecule has 0 bridgehead atoms. The topological polar surface area (TPSA) is 30.5 Å². The van der Waals surface area contributed by atoms with Crippen LogP contribution in [0.5, 0.6) is 5.75 Å². The lowest BCUT2D eigenvalue weighted by Gasteiger charge is -2.21. The predicted molar refractivity (Wildman–Crippen MR) is 80.6 cm³/mol. The number of nitrogens with one attached hydrogen (secondary N) is 1. The SMILES string of the molecule is CC(C)(C)NCc1ccc(OC2CCOC2)c(Br)c1. The van der Waals surface area contributed by atoms with Gasteiger partial charge in [-0.25, -0.2) is 0 Å². The van der Waals surface area contributed by atoms with E-state index in [2.05, 4.69) is 54.2 Å². The van der Waals surface area contributed by atoms with Crippen LogP contribution in [-0.2, 0) is 11.3 Å². The van der Waals surface area contributed by atoms with Crippen LogP contribution < -0.4 is 10.1 Å². The van der Waals surface area contributed by atoms with Gasteiger partial charge in [0.2, 0.25) is 0 Å². The molecule has 0 spiro atoms. The zero-order valence-electron chi connectivity index (χ0n) is 11.8. The molecule has 0 aliphatic carbocycles. The summed E-state index contributed by atoms with van der Waals surface area (Å²) in [4.78, 5) is 0. The van der Waals surface area contributed by atoms with E-state index in [1.165, 1.54) is 5.56 Å². The molecule has 19 heavy (non-hydrogen) atoms. The van der Waals surface area contributed by atoms with Crippen LogP contribution in [0.25, 0.3) is 0 Å². The summed E-state index contributed by atoms with van der Waals surface area (Å²) in [5.41, 5.74) is 1.37. The van der Waals surface area contributed by atoms with Gasteiger partial charge in [-0.05, 0) is 54.4 Å². The molecule has 0 radical (unpaired) electrons. The molecule has 0 aromatic heterocycles. The Morgan fingerprint density at radius 2 is 2.21 bits per heavy atom. The van der Waals surface area contributed by atoms with Gasteiger partial charge in [-0.3, -0.25) is 0 Å². The van der Waals surface area contributed by atoms with E-state index in [4.69, 9.17) is 9.47 Å². The second kappa shape index (κ2) is 6.25. The first-order valence-electron chi connectivity index (χ1n) is 6.72. The molecule has 4 heteroatoms. The van der Waals surface area contributed by atoms with Crippen molar-refractivity contribution < 1.29 is 9.47 Å². The molecular weight excluding hydrogens is 306 g/mol. The Bertz CT molecular complexity index is 423. The summed E-state index contributed by atoms with van der Waals surface area (Å²) >= 11 is 3.58. The fourth-order valence-electron chi connectivity index (χ4n) is 1.90. The highest BCUT2D eigenvalue weighted by atomic mass is 79.9. The normalized spacial score (nSPS) is 19.7. The summed E-state index contributed by atoms with van der Waals surface area (Å²) < 4.78 is 12.2. The van der Waals surface area contributed by atoms with Gasteiger partial charge in [-0.2, -0.15) is 0 Å². The second-order valence-corrected chi connectivity index (χ2v) is 6.83. The Morgan fingerprint density at radius 3 is 2.79 bits per heavy atom. The third-order valence-electron chi connectivity index (χ3n) is 3.00. The lowest BCUT2D eigenvalue weighted by atomic mass is 10.1. The van der Waals surface area contributed by atoms with Crippen LogP contribution >= 0.6 is 15.9 Å². The molecule has 1 saturated heterocycles. The molecule has 2 rings (SSSR count). The van der Waals surface area contributed by atoms with Gasteiger partial charge < -0.3 is 14.8 Å². The first kappa shape index (κ1) is 14.8. The molecule has 1 aromatic rings. The third-order valence-corrected chi connectivity index (χ3v) is 3.62. The highest BCUT2D eigenvalue weighted by Gasteiger charge is 2.18. The summed E-state index contributed by atoms with van der Waals surface area (Å²) in [6, 6.07) is 6.25. The molecule has 0 saturated carbocycles. The molecule has 106 valence electrons. The van der Waals surface area contributed by atoms with Crippen molar-refractivity contribution in [3.63, 3.8) is 0 Å². The maximum Gasteiger partial charge on any atom is 0.134 e. The van der Waals surface area contributed by atoms with E-state index in [9.17, 15) is 0 Å². The summed E-state index contributed by atoms with van der Waals surface area (Å²) in [5, 5.41) is 3.48. The average molecular weight is 328 g/mol. The van der Waals surface area contributed by atoms with Crippen molar-refractivity contribution in [1.82, 2.24) is 5.32 Å². The molecule has 1 unspecified atom stereocenters. The third kappa shape index (κ3) is 4.79. The van der Waals surface area contributed by atoms with Crippen molar-refractivity contribution in [3.05, 3.63) is 28.2 Å². The van der Waals surface area contributed by atoms with Crippen molar-refractivity contribution >= 4 is 15.9 Å². The predicted octanol–water partition coefficient (Wildman–Crippen LogP) is 3.50. The van der Waals surface area contributed by atoms with Gasteiger partial charge in [0.05, 0.1) is 17.7 Å². The number of hydrogen-bond acceptors (Lipinski definition) is 3. The fourth-order valence-corrected chi connectivity index (χ4v) is 2.42. The summed E-state index contributed by atoms with van der Waals surface area (Å²) in [7, 11) is 0. The molecule has 1 aromatic carbocycles. The monoisotopic (exact) mass is 327 g/mol. The van der Waals surface area contributed by atoms with E-state index in [-0.39, 0.29) is 11.6 Å². The molecule has 3 nitrogen and oxygen atoms in total. The Morgan fingerprint density at radius 1 is 1.42 bits per heavy atom. The minimum absolute atomic E-state index is 0.128. The van der Waals surface area contributed by atoms with E-state index >= 15 is 0 Å². The first-order chi connectivity index (χ1) is 8.94. The van der Waals surface area contributed by atoms with Crippen molar-refractivity contribution in [3.8, 4) is 5.75 Å². The van der Waals surface area contributed by atoms with Gasteiger partial charge in [0.1, 0.15) is 11.9 Å². The molecule has 1 aliphatic heterocycles. The van der Waals surface area contributed by atoms with E-state index in [1.54, 1.807) is 0 Å². The second-order valence-electron chi connectivity index (χ2n) is 5.97. The highest BCUT2D eigenvalue weighted by molar-refractivity contribution is 9.10. The van der Waals surface area contributed by atoms with Crippen molar-refractivity contribution in [2.45, 2.75) is 45.4 Å². The summed E-state index contributed by atoms with van der Waals surface area (Å²) in [6.45, 7) is 8.85. The number of halogens is 1. The maximum absolute atomic E-state index is 5.91. The van der Waals surface area contributed by atoms with Gasteiger partial charge in [0.15, 0.2) is 0 Å². The molecule has 1 fully saturated rings. The van der Waals surface area contributed by atoms with Crippen LogP contribution in [0.15, 0.2) is 22.7 Å². The molecule has 0 amide bonds. The zero-order valence-corrected chi connectivity index (χ0v) is 13.4.